The summed E-state index contributed by atoms with van der Waals surface area (Å²) in [7, 11) is 0. The fraction of sp³-hybridized carbons (Fsp3) is 0.308. The number of benzene rings is 1. The van der Waals surface area contributed by atoms with E-state index in [4.69, 9.17) is 4.74 Å². The molecule has 0 saturated carbocycles. The highest BCUT2D eigenvalue weighted by Crippen LogP contribution is 2.25. The lowest BCUT2D eigenvalue weighted by molar-refractivity contribution is 0.303. The first-order valence-corrected chi connectivity index (χ1v) is 5.79. The van der Waals surface area contributed by atoms with Crippen LogP contribution in [-0.4, -0.2) is 16.4 Å². The van der Waals surface area contributed by atoms with Crippen molar-refractivity contribution < 1.29 is 9.13 Å². The second kappa shape index (κ2) is 4.20. The van der Waals surface area contributed by atoms with Gasteiger partial charge in [0, 0.05) is 18.2 Å². The Morgan fingerprint density at radius 3 is 2.82 bits per heavy atom. The number of halogens is 1. The van der Waals surface area contributed by atoms with E-state index < -0.39 is 0 Å². The Kier molecular flexibility index (Phi) is 2.55. The number of aromatic nitrogens is 2. The molecule has 0 fully saturated rings. The number of hydrogen-bond acceptors (Lipinski definition) is 2. The maximum atomic E-state index is 12.8. The molecule has 1 aromatic heterocycles. The maximum absolute atomic E-state index is 12.8. The Hall–Kier alpha value is -1.84. The Morgan fingerprint density at radius 2 is 2.00 bits per heavy atom. The van der Waals surface area contributed by atoms with Gasteiger partial charge in [-0.05, 0) is 37.1 Å². The summed E-state index contributed by atoms with van der Waals surface area (Å²) < 4.78 is 20.3. The Labute approximate surface area is 98.8 Å². The van der Waals surface area contributed by atoms with Crippen molar-refractivity contribution >= 4 is 0 Å². The number of aryl methyl sites for hydroxylation is 1. The van der Waals surface area contributed by atoms with E-state index in [-0.39, 0.29) is 5.82 Å². The molecule has 3 rings (SSSR count). The van der Waals surface area contributed by atoms with E-state index in [1.165, 1.54) is 12.1 Å². The average Bonchev–Trinajstić information content (AvgIpc) is 2.62. The standard InChI is InChI=1S/C13H13FN2O/c14-11-5-3-10(4-6-11)12-9-13-16(15-12)7-1-2-8-17-13/h3-6,9H,1-2,7-8H2. The van der Waals surface area contributed by atoms with Gasteiger partial charge < -0.3 is 4.74 Å². The van der Waals surface area contributed by atoms with Crippen LogP contribution in [0.2, 0.25) is 0 Å². The molecule has 0 unspecified atom stereocenters. The summed E-state index contributed by atoms with van der Waals surface area (Å²) in [5, 5.41) is 4.48. The van der Waals surface area contributed by atoms with Crippen LogP contribution in [-0.2, 0) is 6.54 Å². The van der Waals surface area contributed by atoms with Gasteiger partial charge in [0.2, 0.25) is 5.88 Å². The van der Waals surface area contributed by atoms with Crippen LogP contribution in [0.5, 0.6) is 5.88 Å². The van der Waals surface area contributed by atoms with Gasteiger partial charge in [0.1, 0.15) is 5.82 Å². The Morgan fingerprint density at radius 1 is 1.18 bits per heavy atom. The third kappa shape index (κ3) is 2.02. The fourth-order valence-corrected chi connectivity index (χ4v) is 1.98. The van der Waals surface area contributed by atoms with Crippen LogP contribution in [0.25, 0.3) is 11.3 Å². The zero-order chi connectivity index (χ0) is 11.7. The molecule has 3 nitrogen and oxygen atoms in total. The molecule has 0 radical (unpaired) electrons. The topological polar surface area (TPSA) is 27.1 Å². The predicted octanol–water partition coefficient (Wildman–Crippen LogP) is 2.86. The van der Waals surface area contributed by atoms with Crippen molar-refractivity contribution in [3.63, 3.8) is 0 Å². The lowest BCUT2D eigenvalue weighted by Gasteiger charge is -2.00. The van der Waals surface area contributed by atoms with E-state index in [9.17, 15) is 4.39 Å². The monoisotopic (exact) mass is 232 g/mol. The van der Waals surface area contributed by atoms with Crippen molar-refractivity contribution in [3.05, 3.63) is 36.1 Å². The van der Waals surface area contributed by atoms with Crippen molar-refractivity contribution in [1.29, 1.82) is 0 Å². The molecule has 0 atom stereocenters. The van der Waals surface area contributed by atoms with Crippen LogP contribution in [0.15, 0.2) is 30.3 Å². The van der Waals surface area contributed by atoms with Crippen molar-refractivity contribution in [2.45, 2.75) is 19.4 Å². The number of ether oxygens (including phenoxy) is 1. The molecule has 0 spiro atoms. The second-order valence-corrected chi connectivity index (χ2v) is 4.15. The molecule has 2 aromatic rings. The van der Waals surface area contributed by atoms with Gasteiger partial charge in [-0.15, -0.1) is 0 Å². The van der Waals surface area contributed by atoms with Gasteiger partial charge >= 0.3 is 0 Å². The summed E-state index contributed by atoms with van der Waals surface area (Å²) >= 11 is 0. The summed E-state index contributed by atoms with van der Waals surface area (Å²) in [4.78, 5) is 0. The molecule has 0 bridgehead atoms. The van der Waals surface area contributed by atoms with E-state index in [1.54, 1.807) is 12.1 Å². The molecule has 1 aromatic carbocycles. The smallest absolute Gasteiger partial charge is 0.212 e. The van der Waals surface area contributed by atoms with E-state index in [0.717, 1.165) is 43.1 Å². The summed E-state index contributed by atoms with van der Waals surface area (Å²) in [6, 6.07) is 8.27. The van der Waals surface area contributed by atoms with Crippen LogP contribution >= 0.6 is 0 Å². The van der Waals surface area contributed by atoms with Gasteiger partial charge in [0.05, 0.1) is 12.3 Å². The van der Waals surface area contributed by atoms with Crippen LogP contribution < -0.4 is 4.74 Å². The highest BCUT2D eigenvalue weighted by Gasteiger charge is 2.13. The molecule has 0 N–H and O–H groups in total. The number of hydrogen-bond donors (Lipinski definition) is 0. The second-order valence-electron chi connectivity index (χ2n) is 4.15. The lowest BCUT2D eigenvalue weighted by Crippen LogP contribution is -1.99. The molecule has 1 aliphatic heterocycles. The first kappa shape index (κ1) is 10.3. The SMILES string of the molecule is Fc1ccc(-c2cc3n(n2)CCCCO3)cc1. The van der Waals surface area contributed by atoms with Crippen molar-refractivity contribution in [2.24, 2.45) is 0 Å². The summed E-state index contributed by atoms with van der Waals surface area (Å²) in [5.74, 6) is 0.576. The van der Waals surface area contributed by atoms with Gasteiger partial charge in [-0.25, -0.2) is 9.07 Å². The predicted molar refractivity (Wildman–Crippen MR) is 62.4 cm³/mol. The molecule has 1 aliphatic rings. The van der Waals surface area contributed by atoms with Crippen LogP contribution in [0, 0.1) is 5.82 Å². The Bertz CT molecular complexity index is 495. The fourth-order valence-electron chi connectivity index (χ4n) is 1.98. The van der Waals surface area contributed by atoms with Gasteiger partial charge in [0.15, 0.2) is 0 Å². The highest BCUT2D eigenvalue weighted by atomic mass is 19.1. The minimum absolute atomic E-state index is 0.231. The van der Waals surface area contributed by atoms with Crippen molar-refractivity contribution in [1.82, 2.24) is 9.78 Å². The first-order valence-electron chi connectivity index (χ1n) is 5.79. The quantitative estimate of drug-likeness (QED) is 0.756. The third-order valence-corrected chi connectivity index (χ3v) is 2.90. The van der Waals surface area contributed by atoms with Crippen LogP contribution in [0.4, 0.5) is 4.39 Å². The number of fused-ring (bicyclic) bond motifs is 1. The van der Waals surface area contributed by atoms with Gasteiger partial charge in [-0.2, -0.15) is 5.10 Å². The molecule has 4 heteroatoms. The minimum atomic E-state index is -0.231. The van der Waals surface area contributed by atoms with Crippen molar-refractivity contribution in [3.8, 4) is 17.1 Å². The zero-order valence-electron chi connectivity index (χ0n) is 9.40. The Balaban J connectivity index is 1.96. The molecule has 88 valence electrons. The van der Waals surface area contributed by atoms with E-state index in [2.05, 4.69) is 5.10 Å². The highest BCUT2D eigenvalue weighted by molar-refractivity contribution is 5.60. The number of nitrogens with zero attached hydrogens (tertiary/aromatic N) is 2. The maximum Gasteiger partial charge on any atom is 0.212 e. The first-order chi connectivity index (χ1) is 8.33. The van der Waals surface area contributed by atoms with Gasteiger partial charge in [0.25, 0.3) is 0 Å². The van der Waals surface area contributed by atoms with Crippen molar-refractivity contribution in [2.75, 3.05) is 6.61 Å². The molecule has 2 heterocycles. The summed E-state index contributed by atoms with van der Waals surface area (Å²) in [5.41, 5.74) is 1.75. The lowest BCUT2D eigenvalue weighted by atomic mass is 10.1. The zero-order valence-corrected chi connectivity index (χ0v) is 9.40. The molecular formula is C13H13FN2O. The molecule has 0 amide bonds. The minimum Gasteiger partial charge on any atom is -0.478 e. The third-order valence-electron chi connectivity index (χ3n) is 2.90. The van der Waals surface area contributed by atoms with E-state index in [0.29, 0.717) is 0 Å². The van der Waals surface area contributed by atoms with Crippen LogP contribution in [0.3, 0.4) is 0 Å². The van der Waals surface area contributed by atoms with E-state index in [1.807, 2.05) is 10.7 Å². The van der Waals surface area contributed by atoms with Gasteiger partial charge in [-0.1, -0.05) is 0 Å². The normalized spacial score (nSPS) is 14.9. The van der Waals surface area contributed by atoms with Crippen LogP contribution in [0.1, 0.15) is 12.8 Å². The molecule has 17 heavy (non-hydrogen) atoms. The molecule has 0 saturated heterocycles. The average molecular weight is 232 g/mol. The summed E-state index contributed by atoms with van der Waals surface area (Å²) in [6.45, 7) is 1.63. The molecule has 0 aliphatic carbocycles. The summed E-state index contributed by atoms with van der Waals surface area (Å²) in [6.07, 6.45) is 2.15. The molecular weight excluding hydrogens is 219 g/mol. The number of rotatable bonds is 1. The van der Waals surface area contributed by atoms with Gasteiger partial charge in [-0.3, -0.25) is 0 Å². The largest absolute Gasteiger partial charge is 0.478 e. The van der Waals surface area contributed by atoms with E-state index >= 15 is 0 Å².